The molecule has 0 bridgehead atoms. The van der Waals surface area contributed by atoms with Crippen LogP contribution in [0.15, 0.2) is 12.4 Å². The van der Waals surface area contributed by atoms with Gasteiger partial charge in [-0.25, -0.2) is 0 Å². The van der Waals surface area contributed by atoms with E-state index in [-0.39, 0.29) is 5.54 Å². The second-order valence-electron chi connectivity index (χ2n) is 5.73. The molecule has 0 aromatic carbocycles. The summed E-state index contributed by atoms with van der Waals surface area (Å²) in [5.41, 5.74) is 1.44. The molecule has 1 aromatic rings. The average molecular weight is 280 g/mol. The van der Waals surface area contributed by atoms with Crippen LogP contribution in [-0.4, -0.2) is 40.9 Å². The van der Waals surface area contributed by atoms with Crippen LogP contribution in [0, 0.1) is 0 Å². The topological polar surface area (TPSA) is 33.1 Å². The van der Waals surface area contributed by atoms with Crippen LogP contribution in [-0.2, 0) is 6.54 Å². The van der Waals surface area contributed by atoms with E-state index in [1.165, 1.54) is 5.56 Å². The van der Waals surface area contributed by atoms with Gasteiger partial charge in [-0.3, -0.25) is 4.68 Å². The fraction of sp³-hybridized carbons (Fsp3) is 0.812. The third-order valence-electron chi connectivity index (χ3n) is 4.50. The van der Waals surface area contributed by atoms with Crippen LogP contribution in [0.4, 0.5) is 0 Å². The summed E-state index contributed by atoms with van der Waals surface area (Å²) in [4.78, 5) is 2.37. The molecule has 1 heterocycles. The van der Waals surface area contributed by atoms with E-state index in [4.69, 9.17) is 0 Å². The highest BCUT2D eigenvalue weighted by atomic mass is 15.3. The first-order chi connectivity index (χ1) is 9.55. The van der Waals surface area contributed by atoms with Gasteiger partial charge in [-0.2, -0.15) is 5.10 Å². The molecule has 1 N–H and O–H groups in total. The number of likely N-dealkylation sites (N-methyl/N-ethyl adjacent to an activating group) is 2. The maximum absolute atomic E-state index is 4.51. The van der Waals surface area contributed by atoms with Crippen molar-refractivity contribution in [1.29, 1.82) is 0 Å². The Morgan fingerprint density at radius 3 is 2.35 bits per heavy atom. The van der Waals surface area contributed by atoms with Crippen molar-refractivity contribution in [3.63, 3.8) is 0 Å². The summed E-state index contributed by atoms with van der Waals surface area (Å²) in [6, 6.07) is 0.322. The molecule has 0 radical (unpaired) electrons. The Balaban J connectivity index is 3.12. The first-order valence-electron chi connectivity index (χ1n) is 7.98. The second-order valence-corrected chi connectivity index (χ2v) is 5.73. The van der Waals surface area contributed by atoms with Gasteiger partial charge in [0.25, 0.3) is 0 Å². The standard InChI is InChI=1S/C16H32N4/c1-7-11-20-13-14(12-18-20)15(17-10-4)16(8-2,9-3)19(5)6/h12-13,15,17H,7-11H2,1-6H3. The van der Waals surface area contributed by atoms with Gasteiger partial charge >= 0.3 is 0 Å². The first kappa shape index (κ1) is 17.2. The quantitative estimate of drug-likeness (QED) is 0.754. The summed E-state index contributed by atoms with van der Waals surface area (Å²) in [5, 5.41) is 8.19. The highest BCUT2D eigenvalue weighted by Gasteiger charge is 2.38. The van der Waals surface area contributed by atoms with Crippen molar-refractivity contribution in [1.82, 2.24) is 20.0 Å². The molecule has 1 aromatic heterocycles. The molecule has 1 atom stereocenters. The monoisotopic (exact) mass is 280 g/mol. The van der Waals surface area contributed by atoms with E-state index >= 15 is 0 Å². The highest BCUT2D eigenvalue weighted by Crippen LogP contribution is 2.35. The molecule has 0 aliphatic carbocycles. The highest BCUT2D eigenvalue weighted by molar-refractivity contribution is 5.18. The number of aromatic nitrogens is 2. The van der Waals surface area contributed by atoms with Gasteiger partial charge in [0.15, 0.2) is 0 Å². The van der Waals surface area contributed by atoms with Crippen molar-refractivity contribution < 1.29 is 0 Å². The second kappa shape index (κ2) is 7.79. The largest absolute Gasteiger partial charge is 0.309 e. The normalized spacial score (nSPS) is 13.9. The fourth-order valence-corrected chi connectivity index (χ4v) is 3.25. The van der Waals surface area contributed by atoms with Crippen LogP contribution in [0.3, 0.4) is 0 Å². The molecule has 0 aliphatic heterocycles. The Hall–Kier alpha value is -0.870. The van der Waals surface area contributed by atoms with E-state index in [9.17, 15) is 0 Å². The molecule has 0 saturated heterocycles. The van der Waals surface area contributed by atoms with Crippen molar-refractivity contribution in [3.8, 4) is 0 Å². The summed E-state index contributed by atoms with van der Waals surface area (Å²) >= 11 is 0. The van der Waals surface area contributed by atoms with Gasteiger partial charge < -0.3 is 10.2 Å². The summed E-state index contributed by atoms with van der Waals surface area (Å²) in [7, 11) is 4.38. The van der Waals surface area contributed by atoms with Crippen molar-refractivity contribution in [2.45, 2.75) is 65.1 Å². The van der Waals surface area contributed by atoms with Crippen LogP contribution in [0.25, 0.3) is 0 Å². The molecule has 4 heteroatoms. The molecule has 116 valence electrons. The number of hydrogen-bond acceptors (Lipinski definition) is 3. The minimum atomic E-state index is 0.135. The van der Waals surface area contributed by atoms with Crippen LogP contribution >= 0.6 is 0 Å². The molecular formula is C16H32N4. The lowest BCUT2D eigenvalue weighted by molar-refractivity contribution is 0.0888. The Labute approximate surface area is 124 Å². The van der Waals surface area contributed by atoms with E-state index in [1.807, 2.05) is 6.20 Å². The van der Waals surface area contributed by atoms with Gasteiger partial charge in [0.05, 0.1) is 12.2 Å². The SMILES string of the molecule is CCCn1cc(C(NCC)C(CC)(CC)N(C)C)cn1. The summed E-state index contributed by atoms with van der Waals surface area (Å²) in [6.45, 7) is 10.9. The predicted molar refractivity (Wildman–Crippen MR) is 85.9 cm³/mol. The van der Waals surface area contributed by atoms with Gasteiger partial charge in [0, 0.05) is 23.8 Å². The van der Waals surface area contributed by atoms with E-state index < -0.39 is 0 Å². The Morgan fingerprint density at radius 2 is 1.90 bits per heavy atom. The Bertz CT molecular complexity index is 380. The van der Waals surface area contributed by atoms with Crippen LogP contribution < -0.4 is 5.32 Å². The molecular weight excluding hydrogens is 248 g/mol. The van der Waals surface area contributed by atoms with E-state index in [0.29, 0.717) is 6.04 Å². The van der Waals surface area contributed by atoms with E-state index in [1.54, 1.807) is 0 Å². The fourth-order valence-electron chi connectivity index (χ4n) is 3.25. The van der Waals surface area contributed by atoms with Crippen LogP contribution in [0.5, 0.6) is 0 Å². The van der Waals surface area contributed by atoms with Crippen molar-refractivity contribution in [2.75, 3.05) is 20.6 Å². The first-order valence-corrected chi connectivity index (χ1v) is 7.98. The molecule has 20 heavy (non-hydrogen) atoms. The number of nitrogens with one attached hydrogen (secondary N) is 1. The molecule has 1 rings (SSSR count). The van der Waals surface area contributed by atoms with E-state index in [2.05, 4.69) is 68.0 Å². The van der Waals surface area contributed by atoms with E-state index in [0.717, 1.165) is 32.4 Å². The zero-order chi connectivity index (χ0) is 15.2. The summed E-state index contributed by atoms with van der Waals surface area (Å²) < 4.78 is 2.06. The molecule has 0 saturated carbocycles. The third kappa shape index (κ3) is 3.41. The maximum atomic E-state index is 4.51. The van der Waals surface area contributed by atoms with Crippen molar-refractivity contribution >= 4 is 0 Å². The van der Waals surface area contributed by atoms with Gasteiger partial charge in [0.2, 0.25) is 0 Å². The summed E-state index contributed by atoms with van der Waals surface area (Å²) in [5.74, 6) is 0. The van der Waals surface area contributed by atoms with Gasteiger partial charge in [0.1, 0.15) is 0 Å². The van der Waals surface area contributed by atoms with Gasteiger partial charge in [-0.1, -0.05) is 27.7 Å². The minimum absolute atomic E-state index is 0.135. The summed E-state index contributed by atoms with van der Waals surface area (Å²) in [6.07, 6.45) is 7.60. The van der Waals surface area contributed by atoms with Crippen molar-refractivity contribution in [3.05, 3.63) is 18.0 Å². The molecule has 0 fully saturated rings. The number of rotatable bonds is 9. The lowest BCUT2D eigenvalue weighted by Crippen LogP contribution is -2.53. The lowest BCUT2D eigenvalue weighted by atomic mass is 9.80. The van der Waals surface area contributed by atoms with Crippen LogP contribution in [0.1, 0.15) is 58.6 Å². The minimum Gasteiger partial charge on any atom is -0.309 e. The van der Waals surface area contributed by atoms with Crippen molar-refractivity contribution in [2.24, 2.45) is 0 Å². The molecule has 1 unspecified atom stereocenters. The Kier molecular flexibility index (Phi) is 6.69. The maximum Gasteiger partial charge on any atom is 0.0538 e. The predicted octanol–water partition coefficient (Wildman–Crippen LogP) is 3.06. The zero-order valence-corrected chi connectivity index (χ0v) is 14.1. The number of hydrogen-bond donors (Lipinski definition) is 1. The molecule has 0 aliphatic rings. The van der Waals surface area contributed by atoms with Gasteiger partial charge in [-0.05, 0) is 39.9 Å². The molecule has 0 spiro atoms. The van der Waals surface area contributed by atoms with Crippen LogP contribution in [0.2, 0.25) is 0 Å². The number of aryl methyl sites for hydroxylation is 1. The third-order valence-corrected chi connectivity index (χ3v) is 4.50. The average Bonchev–Trinajstić information content (AvgIpc) is 2.88. The smallest absolute Gasteiger partial charge is 0.0538 e. The lowest BCUT2D eigenvalue weighted by Gasteiger charge is -2.45. The molecule has 0 amide bonds. The molecule has 4 nitrogen and oxygen atoms in total. The number of nitrogens with zero attached hydrogens (tertiary/aromatic N) is 3. The Morgan fingerprint density at radius 1 is 1.25 bits per heavy atom. The zero-order valence-electron chi connectivity index (χ0n) is 14.1. The van der Waals surface area contributed by atoms with Gasteiger partial charge in [-0.15, -0.1) is 0 Å².